The zero-order chi connectivity index (χ0) is 34.0. The molecule has 0 saturated heterocycles. The van der Waals surface area contributed by atoms with Gasteiger partial charge < -0.3 is 9.47 Å². The predicted molar refractivity (Wildman–Crippen MR) is 183 cm³/mol. The van der Waals surface area contributed by atoms with Crippen LogP contribution in [0.2, 0.25) is 0 Å². The molecule has 2 heterocycles. The summed E-state index contributed by atoms with van der Waals surface area (Å²) in [6, 6.07) is 26.5. The molecule has 4 aromatic rings. The van der Waals surface area contributed by atoms with E-state index in [9.17, 15) is 20.1 Å². The molecule has 8 heteroatoms. The number of carbonyl (C=O) groups is 2. The van der Waals surface area contributed by atoms with E-state index in [1.165, 1.54) is 0 Å². The molecule has 5 rings (SSSR count). The van der Waals surface area contributed by atoms with Crippen molar-refractivity contribution in [3.63, 3.8) is 0 Å². The molecule has 1 saturated carbocycles. The second-order valence-corrected chi connectivity index (χ2v) is 11.7. The number of nitrogens with zero attached hydrogens (tertiary/aromatic N) is 4. The summed E-state index contributed by atoms with van der Waals surface area (Å²) in [5, 5.41) is 21.9. The minimum atomic E-state index is -1.88. The minimum absolute atomic E-state index is 0.0962. The Morgan fingerprint density at radius 1 is 0.604 bits per heavy atom. The van der Waals surface area contributed by atoms with Crippen LogP contribution in [0.3, 0.4) is 0 Å². The van der Waals surface area contributed by atoms with Crippen LogP contribution in [0.1, 0.15) is 71.9 Å². The van der Waals surface area contributed by atoms with E-state index >= 15 is 0 Å². The van der Waals surface area contributed by atoms with E-state index in [1.54, 1.807) is 49.1 Å². The van der Waals surface area contributed by atoms with Crippen LogP contribution < -0.4 is 0 Å². The zero-order valence-corrected chi connectivity index (χ0v) is 27.0. The van der Waals surface area contributed by atoms with E-state index in [0.717, 1.165) is 22.3 Å². The second-order valence-electron chi connectivity index (χ2n) is 11.7. The molecule has 2 aromatic carbocycles. The minimum Gasteiger partial charge on any atom is -0.464 e. The first-order valence-electron chi connectivity index (χ1n) is 16.0. The lowest BCUT2D eigenvalue weighted by atomic mass is 9.36. The van der Waals surface area contributed by atoms with Crippen molar-refractivity contribution in [3.8, 4) is 12.1 Å². The molecular weight excluding hydrogens is 600 g/mol. The van der Waals surface area contributed by atoms with Gasteiger partial charge in [0.25, 0.3) is 0 Å². The van der Waals surface area contributed by atoms with E-state index in [4.69, 9.17) is 9.47 Å². The first-order chi connectivity index (χ1) is 23.4. The van der Waals surface area contributed by atoms with Gasteiger partial charge in [-0.2, -0.15) is 10.5 Å². The van der Waals surface area contributed by atoms with Gasteiger partial charge in [-0.15, -0.1) is 0 Å². The summed E-state index contributed by atoms with van der Waals surface area (Å²) in [5.74, 6) is -3.83. The fourth-order valence-corrected chi connectivity index (χ4v) is 6.39. The molecule has 8 nitrogen and oxygen atoms in total. The van der Waals surface area contributed by atoms with Crippen LogP contribution in [0.4, 0.5) is 0 Å². The van der Waals surface area contributed by atoms with Gasteiger partial charge in [0.15, 0.2) is 10.8 Å². The Morgan fingerprint density at radius 2 is 0.917 bits per heavy atom. The molecule has 0 unspecified atom stereocenters. The lowest BCUT2D eigenvalue weighted by Crippen LogP contribution is -2.67. The van der Waals surface area contributed by atoms with Crippen LogP contribution in [0, 0.1) is 33.5 Å². The highest BCUT2D eigenvalue weighted by molar-refractivity contribution is 5.96. The third kappa shape index (κ3) is 6.38. The van der Waals surface area contributed by atoms with Gasteiger partial charge in [0, 0.05) is 36.6 Å². The van der Waals surface area contributed by atoms with Crippen molar-refractivity contribution < 1.29 is 19.1 Å². The summed E-state index contributed by atoms with van der Waals surface area (Å²) in [6.07, 6.45) is 15.7. The number of hydrogen-bond acceptors (Lipinski definition) is 8. The van der Waals surface area contributed by atoms with Crippen molar-refractivity contribution in [2.75, 3.05) is 13.2 Å². The number of aromatic nitrogens is 2. The fourth-order valence-electron chi connectivity index (χ4n) is 6.39. The van der Waals surface area contributed by atoms with Gasteiger partial charge in [0.1, 0.15) is 0 Å². The van der Waals surface area contributed by atoms with Gasteiger partial charge in [0.2, 0.25) is 0 Å². The smallest absolute Gasteiger partial charge is 0.327 e. The molecule has 2 aromatic heterocycles. The molecule has 0 bridgehead atoms. The second kappa shape index (κ2) is 15.2. The summed E-state index contributed by atoms with van der Waals surface area (Å²) >= 11 is 0. The van der Waals surface area contributed by atoms with Crippen molar-refractivity contribution in [2.45, 2.75) is 38.5 Å². The molecule has 240 valence electrons. The van der Waals surface area contributed by atoms with Gasteiger partial charge in [-0.1, -0.05) is 86.7 Å². The van der Waals surface area contributed by atoms with Crippen molar-refractivity contribution in [2.24, 2.45) is 10.8 Å². The van der Waals surface area contributed by atoms with Crippen LogP contribution in [-0.2, 0) is 19.1 Å². The summed E-state index contributed by atoms with van der Waals surface area (Å²) in [6.45, 7) is 3.92. The Morgan fingerprint density at radius 3 is 1.21 bits per heavy atom. The molecule has 0 atom stereocenters. The summed E-state index contributed by atoms with van der Waals surface area (Å²) in [7, 11) is 0. The van der Waals surface area contributed by atoms with Crippen molar-refractivity contribution in [1.29, 1.82) is 10.5 Å². The molecule has 0 spiro atoms. The van der Waals surface area contributed by atoms with Crippen molar-refractivity contribution >= 4 is 36.2 Å². The Labute approximate surface area is 281 Å². The highest BCUT2D eigenvalue weighted by atomic mass is 16.5. The average molecular weight is 637 g/mol. The maximum Gasteiger partial charge on any atom is 0.327 e. The first-order valence-corrected chi connectivity index (χ1v) is 16.0. The highest BCUT2D eigenvalue weighted by Crippen LogP contribution is 2.73. The lowest BCUT2D eigenvalue weighted by Gasteiger charge is -2.59. The Balaban J connectivity index is 1.60. The van der Waals surface area contributed by atoms with E-state index in [-0.39, 0.29) is 13.2 Å². The van der Waals surface area contributed by atoms with Gasteiger partial charge in [-0.25, -0.2) is 0 Å². The fraction of sp³-hybridized carbons (Fsp3) is 0.250. The lowest BCUT2D eigenvalue weighted by molar-refractivity contribution is -0.184. The van der Waals surface area contributed by atoms with E-state index in [2.05, 4.69) is 22.1 Å². The van der Waals surface area contributed by atoms with Gasteiger partial charge in [0.05, 0.1) is 25.4 Å². The molecule has 0 amide bonds. The van der Waals surface area contributed by atoms with E-state index in [0.29, 0.717) is 24.0 Å². The summed E-state index contributed by atoms with van der Waals surface area (Å²) < 4.78 is 11.3. The molecule has 1 aliphatic rings. The van der Waals surface area contributed by atoms with Crippen molar-refractivity contribution in [1.82, 2.24) is 9.97 Å². The molecule has 48 heavy (non-hydrogen) atoms. The van der Waals surface area contributed by atoms with Crippen LogP contribution in [0.15, 0.2) is 97.6 Å². The first kappa shape index (κ1) is 33.5. The van der Waals surface area contributed by atoms with Crippen molar-refractivity contribution in [3.05, 3.63) is 131 Å². The monoisotopic (exact) mass is 636 g/mol. The molecule has 0 N–H and O–H groups in total. The SMILES string of the molecule is CCCOC(=O)C1(C#N)C(c2ccc(/C=C/c3ccncc3)cc2)C(C#N)(C(=O)OCCC)C1c1ccc(/C=C/c2ccncc2)cc1. The topological polar surface area (TPSA) is 126 Å². The largest absolute Gasteiger partial charge is 0.464 e. The van der Waals surface area contributed by atoms with Crippen LogP contribution in [0.5, 0.6) is 0 Å². The quantitative estimate of drug-likeness (QED) is 0.145. The summed E-state index contributed by atoms with van der Waals surface area (Å²) in [4.78, 5) is 36.2. The molecule has 1 fully saturated rings. The number of nitriles is 2. The van der Waals surface area contributed by atoms with Gasteiger partial charge >= 0.3 is 11.9 Å². The average Bonchev–Trinajstić information content (AvgIpc) is 3.13. The Kier molecular flexibility index (Phi) is 10.6. The number of pyridine rings is 2. The molecular formula is C40H36N4O4. The molecule has 0 radical (unpaired) electrons. The predicted octanol–water partition coefficient (Wildman–Crippen LogP) is 7.62. The standard InChI is InChI=1S/C40H36N4O4/c1-3-25-47-37(45)39(27-41)35(33-13-9-29(10-14-33)5-7-31-17-21-43-22-18-31)40(28-42,38(46)48-26-4-2)36(39)34-15-11-30(12-16-34)6-8-32-19-23-44-24-20-32/h5-24,35-36H,3-4,25-26H2,1-2H3/b7-5+,8-6+. The number of esters is 2. The third-order valence-electron chi connectivity index (χ3n) is 8.63. The number of benzene rings is 2. The van der Waals surface area contributed by atoms with Gasteiger partial charge in [-0.3, -0.25) is 19.6 Å². The molecule has 0 aliphatic heterocycles. The zero-order valence-electron chi connectivity index (χ0n) is 27.0. The summed E-state index contributed by atoms with van der Waals surface area (Å²) in [5.41, 5.74) is 0.891. The van der Waals surface area contributed by atoms with Gasteiger partial charge in [-0.05, 0) is 70.5 Å². The number of ether oxygens (including phenoxy) is 2. The highest BCUT2D eigenvalue weighted by Gasteiger charge is 2.80. The maximum absolute atomic E-state index is 14.1. The van der Waals surface area contributed by atoms with E-state index < -0.39 is 34.6 Å². The normalized spacial score (nSPS) is 21.6. The maximum atomic E-state index is 14.1. The van der Waals surface area contributed by atoms with E-state index in [1.807, 2.05) is 86.7 Å². The number of hydrogen-bond donors (Lipinski definition) is 0. The number of carbonyl (C=O) groups excluding carboxylic acids is 2. The number of rotatable bonds is 12. The third-order valence-corrected chi connectivity index (χ3v) is 8.63. The van der Waals surface area contributed by atoms with Crippen LogP contribution in [0.25, 0.3) is 24.3 Å². The Hall–Kier alpha value is -5.86. The molecule has 1 aliphatic carbocycles. The van der Waals surface area contributed by atoms with Crippen LogP contribution in [-0.4, -0.2) is 35.1 Å². The Bertz CT molecular complexity index is 1710. The van der Waals surface area contributed by atoms with Crippen LogP contribution >= 0.6 is 0 Å².